The highest BCUT2D eigenvalue weighted by Gasteiger charge is 2.20. The van der Waals surface area contributed by atoms with Gasteiger partial charge in [0.25, 0.3) is 0 Å². The van der Waals surface area contributed by atoms with Crippen molar-refractivity contribution in [1.82, 2.24) is 10.9 Å². The Labute approximate surface area is 99.1 Å². The number of carbonyl (C=O) groups is 1. The van der Waals surface area contributed by atoms with Gasteiger partial charge in [0.2, 0.25) is 0 Å². The lowest BCUT2D eigenvalue weighted by Crippen LogP contribution is -2.44. The lowest BCUT2D eigenvalue weighted by atomic mass is 9.82. The molecular weight excluding hydrogens is 204 g/mol. The first-order valence-corrected chi connectivity index (χ1v) is 5.74. The number of nitrogens with one attached hydrogen (secondary N) is 2. The van der Waals surface area contributed by atoms with E-state index in [0.29, 0.717) is 5.92 Å². The lowest BCUT2D eigenvalue weighted by Gasteiger charge is -2.27. The molecule has 1 unspecified atom stereocenters. The van der Waals surface area contributed by atoms with E-state index in [0.717, 1.165) is 6.54 Å². The minimum atomic E-state index is -0.457. The van der Waals surface area contributed by atoms with Crippen molar-refractivity contribution >= 4 is 6.09 Å². The van der Waals surface area contributed by atoms with Crippen molar-refractivity contribution in [2.75, 3.05) is 6.54 Å². The fourth-order valence-electron chi connectivity index (χ4n) is 0.886. The molecule has 96 valence electrons. The van der Waals surface area contributed by atoms with E-state index in [2.05, 4.69) is 38.5 Å². The molecule has 1 amide bonds. The van der Waals surface area contributed by atoms with Crippen molar-refractivity contribution in [2.45, 2.75) is 54.1 Å². The molecule has 4 heteroatoms. The van der Waals surface area contributed by atoms with E-state index < -0.39 is 11.7 Å². The Morgan fingerprint density at radius 3 is 2.06 bits per heavy atom. The predicted octanol–water partition coefficient (Wildman–Crippen LogP) is 2.70. The number of rotatable bonds is 3. The molecule has 0 saturated carbocycles. The Hall–Kier alpha value is -0.770. The molecule has 16 heavy (non-hydrogen) atoms. The number of hydrazine groups is 1. The van der Waals surface area contributed by atoms with Crippen LogP contribution in [0.5, 0.6) is 0 Å². The van der Waals surface area contributed by atoms with E-state index >= 15 is 0 Å². The second-order valence-corrected chi connectivity index (χ2v) is 6.27. The molecule has 0 aliphatic rings. The largest absolute Gasteiger partial charge is 0.443 e. The minimum absolute atomic E-state index is 0.225. The van der Waals surface area contributed by atoms with Crippen LogP contribution in [0, 0.1) is 11.3 Å². The molecule has 0 aromatic rings. The SMILES string of the molecule is CC(CNNC(=O)OC(C)(C)C)C(C)(C)C. The summed E-state index contributed by atoms with van der Waals surface area (Å²) in [5.74, 6) is 0.461. The number of hydrogen-bond acceptors (Lipinski definition) is 3. The zero-order valence-electron chi connectivity index (χ0n) is 11.6. The summed E-state index contributed by atoms with van der Waals surface area (Å²) < 4.78 is 5.09. The van der Waals surface area contributed by atoms with E-state index in [4.69, 9.17) is 4.74 Å². The highest BCUT2D eigenvalue weighted by molar-refractivity contribution is 5.66. The van der Waals surface area contributed by atoms with E-state index in [1.54, 1.807) is 0 Å². The van der Waals surface area contributed by atoms with E-state index in [9.17, 15) is 4.79 Å². The summed E-state index contributed by atoms with van der Waals surface area (Å²) in [5.41, 5.74) is 5.19. The maximum Gasteiger partial charge on any atom is 0.422 e. The Balaban J connectivity index is 3.79. The summed E-state index contributed by atoms with van der Waals surface area (Å²) in [7, 11) is 0. The average molecular weight is 230 g/mol. The highest BCUT2D eigenvalue weighted by Crippen LogP contribution is 2.24. The second-order valence-electron chi connectivity index (χ2n) is 6.27. The summed E-state index contributed by atoms with van der Waals surface area (Å²) in [6, 6.07) is 0. The molecule has 1 atom stereocenters. The molecule has 2 N–H and O–H groups in total. The maximum atomic E-state index is 11.3. The summed E-state index contributed by atoms with van der Waals surface area (Å²) in [6.45, 7) is 14.9. The van der Waals surface area contributed by atoms with Gasteiger partial charge in [-0.2, -0.15) is 0 Å². The van der Waals surface area contributed by atoms with Crippen molar-refractivity contribution in [2.24, 2.45) is 11.3 Å². The zero-order chi connectivity index (χ0) is 13.0. The molecule has 0 bridgehead atoms. The third-order valence-electron chi connectivity index (χ3n) is 2.48. The van der Waals surface area contributed by atoms with Crippen LogP contribution in [0.1, 0.15) is 48.5 Å². The van der Waals surface area contributed by atoms with Gasteiger partial charge in [-0.25, -0.2) is 10.2 Å². The van der Waals surface area contributed by atoms with Crippen LogP contribution in [-0.2, 0) is 4.74 Å². The molecule has 0 saturated heterocycles. The van der Waals surface area contributed by atoms with Crippen LogP contribution in [0.2, 0.25) is 0 Å². The first-order valence-electron chi connectivity index (χ1n) is 5.74. The zero-order valence-corrected chi connectivity index (χ0v) is 11.6. The molecular formula is C12H26N2O2. The number of hydrogen-bond donors (Lipinski definition) is 2. The molecule has 0 radical (unpaired) electrons. The van der Waals surface area contributed by atoms with E-state index in [1.807, 2.05) is 20.8 Å². The van der Waals surface area contributed by atoms with Gasteiger partial charge >= 0.3 is 6.09 Å². The van der Waals surface area contributed by atoms with Gasteiger partial charge < -0.3 is 4.74 Å². The average Bonchev–Trinajstić information content (AvgIpc) is 1.98. The van der Waals surface area contributed by atoms with Gasteiger partial charge in [0.05, 0.1) is 0 Å². The predicted molar refractivity (Wildman–Crippen MR) is 66.0 cm³/mol. The first kappa shape index (κ1) is 15.2. The van der Waals surface area contributed by atoms with E-state index in [1.165, 1.54) is 0 Å². The van der Waals surface area contributed by atoms with Crippen molar-refractivity contribution < 1.29 is 9.53 Å². The van der Waals surface area contributed by atoms with Crippen molar-refractivity contribution in [3.8, 4) is 0 Å². The lowest BCUT2D eigenvalue weighted by molar-refractivity contribution is 0.0490. The van der Waals surface area contributed by atoms with Gasteiger partial charge in [0, 0.05) is 6.54 Å². The molecule has 0 aromatic heterocycles. The summed E-state index contributed by atoms with van der Waals surface area (Å²) >= 11 is 0. The van der Waals surface area contributed by atoms with Gasteiger partial charge in [-0.15, -0.1) is 0 Å². The maximum absolute atomic E-state index is 11.3. The molecule has 0 spiro atoms. The van der Waals surface area contributed by atoms with Crippen LogP contribution in [0.15, 0.2) is 0 Å². The highest BCUT2D eigenvalue weighted by atomic mass is 16.6. The van der Waals surface area contributed by atoms with E-state index in [-0.39, 0.29) is 5.41 Å². The number of ether oxygens (including phenoxy) is 1. The fourth-order valence-corrected chi connectivity index (χ4v) is 0.886. The topological polar surface area (TPSA) is 50.4 Å². The van der Waals surface area contributed by atoms with Crippen molar-refractivity contribution in [1.29, 1.82) is 0 Å². The first-order chi connectivity index (χ1) is 7.02. The summed E-state index contributed by atoms with van der Waals surface area (Å²) in [5, 5.41) is 0. The van der Waals surface area contributed by atoms with Crippen LogP contribution in [0.4, 0.5) is 4.79 Å². The number of carbonyl (C=O) groups excluding carboxylic acids is 1. The Morgan fingerprint density at radius 2 is 1.69 bits per heavy atom. The van der Waals surface area contributed by atoms with Crippen LogP contribution in [0.3, 0.4) is 0 Å². The van der Waals surface area contributed by atoms with Crippen LogP contribution < -0.4 is 10.9 Å². The molecule has 0 heterocycles. The minimum Gasteiger partial charge on any atom is -0.443 e. The van der Waals surface area contributed by atoms with Gasteiger partial charge in [-0.05, 0) is 32.1 Å². The quantitative estimate of drug-likeness (QED) is 0.733. The molecule has 0 aromatic carbocycles. The van der Waals surface area contributed by atoms with Crippen LogP contribution in [-0.4, -0.2) is 18.2 Å². The molecule has 0 fully saturated rings. The van der Waals surface area contributed by atoms with Crippen molar-refractivity contribution in [3.63, 3.8) is 0 Å². The van der Waals surface area contributed by atoms with Gasteiger partial charge in [0.15, 0.2) is 0 Å². The molecule has 0 rings (SSSR count). The normalized spacial score (nSPS) is 14.4. The Bertz CT molecular complexity index is 226. The summed E-state index contributed by atoms with van der Waals surface area (Å²) in [6.07, 6.45) is -0.436. The third kappa shape index (κ3) is 7.51. The smallest absolute Gasteiger partial charge is 0.422 e. The van der Waals surface area contributed by atoms with Gasteiger partial charge in [-0.3, -0.25) is 5.43 Å². The monoisotopic (exact) mass is 230 g/mol. The molecule has 0 aliphatic carbocycles. The Kier molecular flexibility index (Phi) is 5.26. The second kappa shape index (κ2) is 5.53. The Morgan fingerprint density at radius 1 is 1.19 bits per heavy atom. The molecule has 4 nitrogen and oxygen atoms in total. The number of amides is 1. The standard InChI is InChI=1S/C12H26N2O2/c1-9(11(2,3)4)8-13-14-10(15)16-12(5,6)7/h9,13H,8H2,1-7H3,(H,14,15). The van der Waals surface area contributed by atoms with Crippen molar-refractivity contribution in [3.05, 3.63) is 0 Å². The fraction of sp³-hybridized carbons (Fsp3) is 0.917. The summed E-state index contributed by atoms with van der Waals surface area (Å²) in [4.78, 5) is 11.3. The van der Waals surface area contributed by atoms with Crippen LogP contribution in [0.25, 0.3) is 0 Å². The van der Waals surface area contributed by atoms with Gasteiger partial charge in [0.1, 0.15) is 5.60 Å². The third-order valence-corrected chi connectivity index (χ3v) is 2.48. The van der Waals surface area contributed by atoms with Crippen LogP contribution >= 0.6 is 0 Å². The molecule has 0 aliphatic heterocycles. The van der Waals surface area contributed by atoms with Gasteiger partial charge in [-0.1, -0.05) is 27.7 Å².